The Labute approximate surface area is 66.9 Å². The number of esters is 1. The Hall–Kier alpha value is -0.570. The number of methoxy groups -OCH3 is 1. The van der Waals surface area contributed by atoms with Crippen LogP contribution in [0.25, 0.3) is 0 Å². The van der Waals surface area contributed by atoms with Gasteiger partial charge in [-0.25, -0.2) is 0 Å². The van der Waals surface area contributed by atoms with E-state index < -0.39 is 0 Å². The Kier molecular flexibility index (Phi) is 2.88. The Bertz CT molecular complexity index is 143. The minimum absolute atomic E-state index is 0.00921. The van der Waals surface area contributed by atoms with Gasteiger partial charge in [0, 0.05) is 6.04 Å². The maximum atomic E-state index is 10.7. The maximum absolute atomic E-state index is 10.7. The Morgan fingerprint density at radius 3 is 2.82 bits per heavy atom. The first-order chi connectivity index (χ1) is 5.22. The second-order valence-corrected chi connectivity index (χ2v) is 3.22. The first kappa shape index (κ1) is 8.53. The van der Waals surface area contributed by atoms with E-state index in [9.17, 15) is 4.79 Å². The second-order valence-electron chi connectivity index (χ2n) is 3.22. The Morgan fingerprint density at radius 2 is 2.36 bits per heavy atom. The lowest BCUT2D eigenvalue weighted by atomic mass is 10.1. The molecule has 0 aromatic heterocycles. The highest BCUT2D eigenvalue weighted by Gasteiger charge is 2.24. The van der Waals surface area contributed by atoms with Crippen molar-refractivity contribution in [2.45, 2.75) is 31.7 Å². The van der Waals surface area contributed by atoms with Gasteiger partial charge in [0.2, 0.25) is 0 Å². The fraction of sp³-hybridized carbons (Fsp3) is 0.875. The third kappa shape index (κ3) is 3.37. The van der Waals surface area contributed by atoms with Crippen molar-refractivity contribution in [3.05, 3.63) is 0 Å². The summed E-state index contributed by atoms with van der Waals surface area (Å²) in [7, 11) is 1.40. The second kappa shape index (κ2) is 3.72. The molecular weight excluding hydrogens is 142 g/mol. The van der Waals surface area contributed by atoms with Gasteiger partial charge in [0.05, 0.1) is 13.5 Å². The zero-order valence-corrected chi connectivity index (χ0v) is 6.88. The highest BCUT2D eigenvalue weighted by Crippen LogP contribution is 2.33. The fourth-order valence-electron chi connectivity index (χ4n) is 1.16. The molecule has 64 valence electrons. The smallest absolute Gasteiger partial charge is 0.307 e. The van der Waals surface area contributed by atoms with Gasteiger partial charge in [0.25, 0.3) is 0 Å². The zero-order valence-electron chi connectivity index (χ0n) is 6.88. The summed E-state index contributed by atoms with van der Waals surface area (Å²) in [5.74, 6) is 0.591. The van der Waals surface area contributed by atoms with Crippen LogP contribution in [-0.2, 0) is 9.53 Å². The van der Waals surface area contributed by atoms with E-state index in [0.29, 0.717) is 6.42 Å². The number of hydrogen-bond acceptors (Lipinski definition) is 3. The molecule has 1 saturated carbocycles. The van der Waals surface area contributed by atoms with E-state index >= 15 is 0 Å². The van der Waals surface area contributed by atoms with E-state index in [4.69, 9.17) is 5.73 Å². The summed E-state index contributed by atoms with van der Waals surface area (Å²) in [6.07, 6.45) is 3.92. The summed E-state index contributed by atoms with van der Waals surface area (Å²) in [6, 6.07) is 0.00921. The molecule has 1 fully saturated rings. The molecule has 0 radical (unpaired) electrons. The van der Waals surface area contributed by atoms with Crippen molar-refractivity contribution in [1.82, 2.24) is 0 Å². The number of rotatable bonds is 4. The van der Waals surface area contributed by atoms with Crippen LogP contribution in [0.2, 0.25) is 0 Å². The van der Waals surface area contributed by atoms with Crippen LogP contribution in [0, 0.1) is 5.92 Å². The zero-order chi connectivity index (χ0) is 8.27. The summed E-state index contributed by atoms with van der Waals surface area (Å²) < 4.78 is 4.50. The first-order valence-corrected chi connectivity index (χ1v) is 4.04. The van der Waals surface area contributed by atoms with Crippen molar-refractivity contribution in [3.63, 3.8) is 0 Å². The largest absolute Gasteiger partial charge is 0.469 e. The molecule has 0 bridgehead atoms. The fourth-order valence-corrected chi connectivity index (χ4v) is 1.16. The minimum atomic E-state index is -0.196. The van der Waals surface area contributed by atoms with Crippen LogP contribution >= 0.6 is 0 Å². The minimum Gasteiger partial charge on any atom is -0.469 e. The van der Waals surface area contributed by atoms with Gasteiger partial charge in [-0.1, -0.05) is 12.8 Å². The van der Waals surface area contributed by atoms with Crippen LogP contribution in [0.3, 0.4) is 0 Å². The monoisotopic (exact) mass is 157 g/mol. The van der Waals surface area contributed by atoms with Crippen LogP contribution in [0.1, 0.15) is 25.7 Å². The van der Waals surface area contributed by atoms with Crippen molar-refractivity contribution in [2.75, 3.05) is 7.11 Å². The van der Waals surface area contributed by atoms with Gasteiger partial charge in [-0.05, 0) is 12.3 Å². The van der Waals surface area contributed by atoms with Crippen molar-refractivity contribution >= 4 is 5.97 Å². The standard InChI is InChI=1S/C8H15NO2/c1-11-8(10)5-7(9)4-6-2-3-6/h6-7H,2-5,9H2,1H3/t7-/m1/s1. The van der Waals surface area contributed by atoms with Crippen LogP contribution in [0.15, 0.2) is 0 Å². The number of carbonyl (C=O) groups is 1. The lowest BCUT2D eigenvalue weighted by molar-refractivity contribution is -0.141. The molecule has 0 aromatic carbocycles. The third-order valence-corrected chi connectivity index (χ3v) is 1.99. The van der Waals surface area contributed by atoms with Gasteiger partial charge in [0.1, 0.15) is 0 Å². The molecule has 0 unspecified atom stereocenters. The van der Waals surface area contributed by atoms with Crippen molar-refractivity contribution in [1.29, 1.82) is 0 Å². The molecular formula is C8H15NO2. The quantitative estimate of drug-likeness (QED) is 0.610. The van der Waals surface area contributed by atoms with Gasteiger partial charge in [-0.15, -0.1) is 0 Å². The predicted molar refractivity (Wildman–Crippen MR) is 41.9 cm³/mol. The molecule has 1 aliphatic carbocycles. The highest BCUT2D eigenvalue weighted by molar-refractivity contribution is 5.69. The summed E-state index contributed by atoms with van der Waals surface area (Å²) in [6.45, 7) is 0. The van der Waals surface area contributed by atoms with Gasteiger partial charge in [-0.2, -0.15) is 0 Å². The van der Waals surface area contributed by atoms with E-state index in [1.54, 1.807) is 0 Å². The maximum Gasteiger partial charge on any atom is 0.307 e. The SMILES string of the molecule is COC(=O)C[C@H](N)CC1CC1. The molecule has 0 aromatic rings. The van der Waals surface area contributed by atoms with E-state index in [0.717, 1.165) is 12.3 Å². The number of hydrogen-bond donors (Lipinski definition) is 1. The van der Waals surface area contributed by atoms with Crippen molar-refractivity contribution in [2.24, 2.45) is 11.7 Å². The lowest BCUT2D eigenvalue weighted by Crippen LogP contribution is -2.24. The highest BCUT2D eigenvalue weighted by atomic mass is 16.5. The molecule has 3 nitrogen and oxygen atoms in total. The van der Waals surface area contributed by atoms with Crippen LogP contribution in [0.4, 0.5) is 0 Å². The van der Waals surface area contributed by atoms with Crippen LogP contribution in [-0.4, -0.2) is 19.1 Å². The predicted octanol–water partition coefficient (Wildman–Crippen LogP) is 0.677. The van der Waals surface area contributed by atoms with E-state index in [1.165, 1.54) is 20.0 Å². The first-order valence-electron chi connectivity index (χ1n) is 4.04. The Morgan fingerprint density at radius 1 is 1.73 bits per heavy atom. The molecule has 0 spiro atoms. The molecule has 1 aliphatic rings. The topological polar surface area (TPSA) is 52.3 Å². The van der Waals surface area contributed by atoms with Gasteiger partial charge >= 0.3 is 5.97 Å². The average molecular weight is 157 g/mol. The molecule has 11 heavy (non-hydrogen) atoms. The third-order valence-electron chi connectivity index (χ3n) is 1.99. The average Bonchev–Trinajstić information content (AvgIpc) is 2.71. The molecule has 1 atom stereocenters. The lowest BCUT2D eigenvalue weighted by Gasteiger charge is -2.07. The number of ether oxygens (including phenoxy) is 1. The van der Waals surface area contributed by atoms with Gasteiger partial charge in [0.15, 0.2) is 0 Å². The van der Waals surface area contributed by atoms with E-state index in [1.807, 2.05) is 0 Å². The molecule has 0 saturated heterocycles. The van der Waals surface area contributed by atoms with Crippen molar-refractivity contribution in [3.8, 4) is 0 Å². The van der Waals surface area contributed by atoms with Crippen LogP contribution in [0.5, 0.6) is 0 Å². The molecule has 2 N–H and O–H groups in total. The van der Waals surface area contributed by atoms with Crippen molar-refractivity contribution < 1.29 is 9.53 Å². The number of carbonyl (C=O) groups excluding carboxylic acids is 1. The summed E-state index contributed by atoms with van der Waals surface area (Å²) in [5, 5.41) is 0. The molecule has 0 amide bonds. The molecule has 1 rings (SSSR count). The summed E-state index contributed by atoms with van der Waals surface area (Å²) >= 11 is 0. The molecule has 0 heterocycles. The Balaban J connectivity index is 2.08. The summed E-state index contributed by atoms with van der Waals surface area (Å²) in [5.41, 5.74) is 5.69. The van der Waals surface area contributed by atoms with E-state index in [2.05, 4.69) is 4.74 Å². The van der Waals surface area contributed by atoms with Crippen LogP contribution < -0.4 is 5.73 Å². The van der Waals surface area contributed by atoms with Gasteiger partial charge in [-0.3, -0.25) is 4.79 Å². The normalized spacial score (nSPS) is 19.5. The summed E-state index contributed by atoms with van der Waals surface area (Å²) in [4.78, 5) is 10.7. The molecule has 0 aliphatic heterocycles. The van der Waals surface area contributed by atoms with E-state index in [-0.39, 0.29) is 12.0 Å². The van der Waals surface area contributed by atoms with Gasteiger partial charge < -0.3 is 10.5 Å². The number of nitrogens with two attached hydrogens (primary N) is 1. The molecule has 3 heteroatoms.